The highest BCUT2D eigenvalue weighted by molar-refractivity contribution is 5.89. The van der Waals surface area contributed by atoms with Gasteiger partial charge in [-0.2, -0.15) is 4.98 Å². The molecule has 1 aromatic carbocycles. The van der Waals surface area contributed by atoms with E-state index in [2.05, 4.69) is 20.4 Å². The predicted octanol–water partition coefficient (Wildman–Crippen LogP) is 5.00. The van der Waals surface area contributed by atoms with Gasteiger partial charge in [0.15, 0.2) is 0 Å². The number of methoxy groups -OCH3 is 1. The Labute approximate surface area is 216 Å². The molecular weight excluding hydrogens is 502 g/mol. The molecule has 8 nitrogen and oxygen atoms in total. The van der Waals surface area contributed by atoms with Crippen LogP contribution in [0.25, 0.3) is 27.7 Å². The number of anilines is 1. The van der Waals surface area contributed by atoms with E-state index in [1.54, 1.807) is 25.3 Å². The van der Waals surface area contributed by atoms with Crippen molar-refractivity contribution in [2.45, 2.75) is 63.6 Å². The topological polar surface area (TPSA) is 72.5 Å². The number of benzene rings is 1. The van der Waals surface area contributed by atoms with Gasteiger partial charge in [-0.1, -0.05) is 12.5 Å². The van der Waals surface area contributed by atoms with Gasteiger partial charge >= 0.3 is 0 Å². The predicted molar refractivity (Wildman–Crippen MR) is 135 cm³/mol. The number of likely N-dealkylation sites (tertiary alicyclic amines) is 1. The second kappa shape index (κ2) is 9.40. The molecular formula is C26H29F4N7O. The Morgan fingerprint density at radius 1 is 1.16 bits per heavy atom. The molecule has 0 bridgehead atoms. The molecule has 0 unspecified atom stereocenters. The maximum absolute atomic E-state index is 15.0. The van der Waals surface area contributed by atoms with Crippen LogP contribution in [-0.2, 0) is 6.54 Å². The Morgan fingerprint density at radius 2 is 1.97 bits per heavy atom. The number of piperidine rings is 1. The molecule has 1 N–H and O–H groups in total. The van der Waals surface area contributed by atoms with Crippen LogP contribution in [0.15, 0.2) is 30.5 Å². The minimum Gasteiger partial charge on any atom is -0.479 e. The van der Waals surface area contributed by atoms with Crippen molar-refractivity contribution in [1.29, 1.82) is 0 Å². The highest BCUT2D eigenvalue weighted by atomic mass is 19.3. The molecule has 202 valence electrons. The molecule has 2 fully saturated rings. The first-order valence-electron chi connectivity index (χ1n) is 12.8. The molecule has 1 atom stereocenters. The van der Waals surface area contributed by atoms with Crippen molar-refractivity contribution < 1.29 is 22.3 Å². The first kappa shape index (κ1) is 24.9. The average Bonchev–Trinajstić information content (AvgIpc) is 3.39. The van der Waals surface area contributed by atoms with Crippen LogP contribution in [-0.4, -0.2) is 73.7 Å². The fraction of sp³-hybridized carbons (Fsp3) is 0.500. The number of fused-ring (bicyclic) bond motifs is 2. The van der Waals surface area contributed by atoms with Crippen molar-refractivity contribution in [3.63, 3.8) is 0 Å². The van der Waals surface area contributed by atoms with E-state index in [1.165, 1.54) is 16.2 Å². The summed E-state index contributed by atoms with van der Waals surface area (Å²) in [4.78, 5) is 10.7. The van der Waals surface area contributed by atoms with Crippen molar-refractivity contribution in [1.82, 2.24) is 29.0 Å². The smallest absolute Gasteiger partial charge is 0.280 e. The molecule has 38 heavy (non-hydrogen) atoms. The standard InChI is InChI=1S/C26H29F4N7O/c1-15-31-19-7-6-16(12-20(19)36(15)13-22(27)28)18-8-11-37-23(18)24(38-2)33-25(34-37)32-21-9-10-35(14-26(21,29)30)17-4-3-5-17/h6-8,11-12,17,21-22H,3-5,9-10,13-14H2,1-2H3,(H,32,34)/t21-/m1/s1. The normalized spacial score (nSPS) is 20.3. The van der Waals surface area contributed by atoms with Gasteiger partial charge in [0.2, 0.25) is 11.8 Å². The first-order valence-corrected chi connectivity index (χ1v) is 12.8. The zero-order valence-electron chi connectivity index (χ0n) is 21.2. The number of nitrogens with zero attached hydrogens (tertiary/aromatic N) is 6. The molecule has 1 aliphatic carbocycles. The number of nitrogens with one attached hydrogen (secondary N) is 1. The summed E-state index contributed by atoms with van der Waals surface area (Å²) in [6.45, 7) is 1.58. The van der Waals surface area contributed by atoms with E-state index in [1.807, 2.05) is 17.0 Å². The zero-order chi connectivity index (χ0) is 26.6. The third-order valence-electron chi connectivity index (χ3n) is 7.77. The van der Waals surface area contributed by atoms with E-state index in [9.17, 15) is 8.78 Å². The number of alkyl halides is 4. The number of rotatable bonds is 7. The quantitative estimate of drug-likeness (QED) is 0.339. The molecule has 6 rings (SSSR count). The second-order valence-electron chi connectivity index (χ2n) is 10.1. The van der Waals surface area contributed by atoms with Crippen molar-refractivity contribution in [2.75, 3.05) is 25.5 Å². The highest BCUT2D eigenvalue weighted by Gasteiger charge is 2.47. The van der Waals surface area contributed by atoms with Gasteiger partial charge < -0.3 is 14.6 Å². The van der Waals surface area contributed by atoms with Gasteiger partial charge in [0.05, 0.1) is 37.3 Å². The maximum atomic E-state index is 15.0. The Bertz CT molecular complexity index is 1480. The van der Waals surface area contributed by atoms with E-state index < -0.39 is 24.9 Å². The lowest BCUT2D eigenvalue weighted by atomic mass is 9.88. The number of imidazole rings is 1. The summed E-state index contributed by atoms with van der Waals surface area (Å²) in [5, 5.41) is 7.30. The summed E-state index contributed by atoms with van der Waals surface area (Å²) >= 11 is 0. The molecule has 0 radical (unpaired) electrons. The fourth-order valence-electron chi connectivity index (χ4n) is 5.57. The van der Waals surface area contributed by atoms with Gasteiger partial charge in [-0.15, -0.1) is 5.10 Å². The number of ether oxygens (including phenoxy) is 1. The van der Waals surface area contributed by atoms with Gasteiger partial charge in [0.25, 0.3) is 12.3 Å². The largest absolute Gasteiger partial charge is 0.479 e. The molecule has 4 heterocycles. The van der Waals surface area contributed by atoms with Gasteiger partial charge in [0, 0.05) is 24.3 Å². The van der Waals surface area contributed by atoms with E-state index >= 15 is 8.78 Å². The minimum atomic E-state index is -2.92. The minimum absolute atomic E-state index is 0.0550. The maximum Gasteiger partial charge on any atom is 0.280 e. The van der Waals surface area contributed by atoms with Crippen molar-refractivity contribution in [2.24, 2.45) is 0 Å². The Morgan fingerprint density at radius 3 is 2.66 bits per heavy atom. The molecule has 1 saturated heterocycles. The number of aryl methyl sites for hydroxylation is 1. The molecule has 1 saturated carbocycles. The molecule has 2 aliphatic rings. The monoisotopic (exact) mass is 531 g/mol. The lowest BCUT2D eigenvalue weighted by molar-refractivity contribution is -0.0921. The SMILES string of the molecule is COc1nc(N[C@@H]2CCN(C3CCC3)CC2(F)F)nn2ccc(-c3ccc4nc(C)n(CC(F)F)c4c3)c12. The van der Waals surface area contributed by atoms with Crippen LogP contribution >= 0.6 is 0 Å². The summed E-state index contributed by atoms with van der Waals surface area (Å²) in [5.41, 5.74) is 3.22. The van der Waals surface area contributed by atoms with Gasteiger partial charge in [0.1, 0.15) is 11.3 Å². The highest BCUT2D eigenvalue weighted by Crippen LogP contribution is 2.36. The van der Waals surface area contributed by atoms with Crippen molar-refractivity contribution in [3.05, 3.63) is 36.3 Å². The van der Waals surface area contributed by atoms with E-state index in [-0.39, 0.29) is 30.8 Å². The van der Waals surface area contributed by atoms with Crippen LogP contribution in [0, 0.1) is 6.92 Å². The van der Waals surface area contributed by atoms with Crippen LogP contribution in [0.4, 0.5) is 23.5 Å². The number of halogens is 4. The number of hydrogen-bond donors (Lipinski definition) is 1. The summed E-state index contributed by atoms with van der Waals surface area (Å²) in [7, 11) is 1.46. The summed E-state index contributed by atoms with van der Waals surface area (Å²) in [6, 6.07) is 6.42. The van der Waals surface area contributed by atoms with E-state index in [0.29, 0.717) is 28.9 Å². The lowest BCUT2D eigenvalue weighted by Gasteiger charge is -2.45. The molecule has 3 aromatic heterocycles. The summed E-state index contributed by atoms with van der Waals surface area (Å²) in [5.74, 6) is -2.14. The van der Waals surface area contributed by atoms with Crippen molar-refractivity contribution >= 4 is 22.5 Å². The Hall–Kier alpha value is -3.41. The second-order valence-corrected chi connectivity index (χ2v) is 10.1. The lowest BCUT2D eigenvalue weighted by Crippen LogP contribution is -2.58. The molecule has 0 spiro atoms. The van der Waals surface area contributed by atoms with Crippen molar-refractivity contribution in [3.8, 4) is 17.0 Å². The van der Waals surface area contributed by atoms with Crippen LogP contribution in [0.3, 0.4) is 0 Å². The zero-order valence-corrected chi connectivity index (χ0v) is 21.2. The van der Waals surface area contributed by atoms with Crippen LogP contribution in [0.1, 0.15) is 31.5 Å². The number of aromatic nitrogens is 5. The third kappa shape index (κ3) is 4.34. The van der Waals surface area contributed by atoms with Crippen LogP contribution < -0.4 is 10.1 Å². The van der Waals surface area contributed by atoms with Gasteiger partial charge in [-0.25, -0.2) is 27.1 Å². The van der Waals surface area contributed by atoms with E-state index in [4.69, 9.17) is 4.74 Å². The third-order valence-corrected chi connectivity index (χ3v) is 7.77. The molecule has 0 amide bonds. The summed E-state index contributed by atoms with van der Waals surface area (Å²) in [6.07, 6.45) is 2.56. The summed E-state index contributed by atoms with van der Waals surface area (Å²) < 4.78 is 65.0. The number of hydrogen-bond acceptors (Lipinski definition) is 6. The Balaban J connectivity index is 1.31. The molecule has 1 aliphatic heterocycles. The fourth-order valence-corrected chi connectivity index (χ4v) is 5.57. The molecule has 12 heteroatoms. The average molecular weight is 532 g/mol. The van der Waals surface area contributed by atoms with Gasteiger partial charge in [-0.3, -0.25) is 4.90 Å². The van der Waals surface area contributed by atoms with E-state index in [0.717, 1.165) is 30.4 Å². The van der Waals surface area contributed by atoms with Gasteiger partial charge in [-0.05, 0) is 49.9 Å². The first-order chi connectivity index (χ1) is 18.2. The molecule has 4 aromatic rings. The van der Waals surface area contributed by atoms with Crippen LogP contribution in [0.5, 0.6) is 5.88 Å². The Kier molecular flexibility index (Phi) is 6.16. The van der Waals surface area contributed by atoms with Crippen LogP contribution in [0.2, 0.25) is 0 Å².